The molecule has 0 saturated carbocycles. The standard InChI is InChI=1S/C26H21F4NO/c1-14-13-25(2,3)31-20-11-9-17-16-6-4-5-7-21(16)32-24(23(17)22(14)20)15-8-10-19(27)18(12-15)26(28,29)30/h4-13,24,31H,1-3H3/t24-/m1/s1. The van der Waals surface area contributed by atoms with Gasteiger partial charge in [0.1, 0.15) is 11.6 Å². The second-order valence-electron chi connectivity index (χ2n) is 8.85. The highest BCUT2D eigenvalue weighted by molar-refractivity contribution is 5.90. The van der Waals surface area contributed by atoms with Crippen molar-refractivity contribution < 1.29 is 22.3 Å². The van der Waals surface area contributed by atoms with Gasteiger partial charge in [0, 0.05) is 22.4 Å². The number of allylic oxidation sites excluding steroid dienone is 1. The van der Waals surface area contributed by atoms with E-state index in [0.717, 1.165) is 45.6 Å². The Hall–Kier alpha value is -3.28. The molecule has 2 nitrogen and oxygen atoms in total. The molecule has 1 N–H and O–H groups in total. The highest BCUT2D eigenvalue weighted by Gasteiger charge is 2.38. The van der Waals surface area contributed by atoms with E-state index >= 15 is 0 Å². The third kappa shape index (κ3) is 3.25. The van der Waals surface area contributed by atoms with Crippen molar-refractivity contribution in [2.24, 2.45) is 0 Å². The summed E-state index contributed by atoms with van der Waals surface area (Å²) in [6.45, 7) is 6.10. The van der Waals surface area contributed by atoms with Gasteiger partial charge < -0.3 is 10.1 Å². The zero-order valence-electron chi connectivity index (χ0n) is 17.8. The lowest BCUT2D eigenvalue weighted by molar-refractivity contribution is -0.140. The molecule has 0 amide bonds. The Kier molecular flexibility index (Phi) is 4.42. The van der Waals surface area contributed by atoms with Crippen LogP contribution in [0.25, 0.3) is 16.7 Å². The van der Waals surface area contributed by atoms with Gasteiger partial charge in [0.2, 0.25) is 0 Å². The quantitative estimate of drug-likeness (QED) is 0.394. The van der Waals surface area contributed by atoms with E-state index in [9.17, 15) is 17.6 Å². The number of alkyl halides is 3. The van der Waals surface area contributed by atoms with E-state index in [1.54, 1.807) is 6.07 Å². The number of hydrogen-bond donors (Lipinski definition) is 1. The minimum atomic E-state index is -4.80. The lowest BCUT2D eigenvalue weighted by atomic mass is 9.80. The molecule has 164 valence electrons. The van der Waals surface area contributed by atoms with Gasteiger partial charge in [0.15, 0.2) is 6.10 Å². The second kappa shape index (κ2) is 6.86. The summed E-state index contributed by atoms with van der Waals surface area (Å²) >= 11 is 0. The van der Waals surface area contributed by atoms with E-state index in [2.05, 4.69) is 25.2 Å². The number of para-hydroxylation sites is 1. The molecule has 0 aromatic heterocycles. The maximum atomic E-state index is 14.0. The first-order chi connectivity index (χ1) is 15.0. The van der Waals surface area contributed by atoms with E-state index < -0.39 is 23.7 Å². The topological polar surface area (TPSA) is 21.3 Å². The van der Waals surface area contributed by atoms with Gasteiger partial charge >= 0.3 is 6.18 Å². The van der Waals surface area contributed by atoms with Crippen molar-refractivity contribution in [1.29, 1.82) is 0 Å². The van der Waals surface area contributed by atoms with Gasteiger partial charge in [-0.15, -0.1) is 0 Å². The highest BCUT2D eigenvalue weighted by atomic mass is 19.4. The Morgan fingerprint density at radius 1 is 0.969 bits per heavy atom. The zero-order valence-corrected chi connectivity index (χ0v) is 17.8. The maximum Gasteiger partial charge on any atom is 0.419 e. The van der Waals surface area contributed by atoms with Gasteiger partial charge in [0.05, 0.1) is 11.1 Å². The van der Waals surface area contributed by atoms with Crippen LogP contribution < -0.4 is 10.1 Å². The molecule has 0 radical (unpaired) electrons. The molecule has 0 aliphatic carbocycles. The number of ether oxygens (including phenoxy) is 1. The van der Waals surface area contributed by atoms with Crippen molar-refractivity contribution in [1.82, 2.24) is 0 Å². The van der Waals surface area contributed by atoms with E-state index in [4.69, 9.17) is 4.74 Å². The maximum absolute atomic E-state index is 14.0. The number of nitrogens with one attached hydrogen (secondary N) is 1. The summed E-state index contributed by atoms with van der Waals surface area (Å²) in [7, 11) is 0. The van der Waals surface area contributed by atoms with Crippen LogP contribution >= 0.6 is 0 Å². The summed E-state index contributed by atoms with van der Waals surface area (Å²) in [6.07, 6.45) is -3.52. The normalized spacial score (nSPS) is 18.5. The van der Waals surface area contributed by atoms with Gasteiger partial charge in [0.25, 0.3) is 0 Å². The van der Waals surface area contributed by atoms with Crippen LogP contribution in [-0.2, 0) is 6.18 Å². The highest BCUT2D eigenvalue weighted by Crippen LogP contribution is 2.51. The number of fused-ring (bicyclic) bond motifs is 5. The Morgan fingerprint density at radius 2 is 1.72 bits per heavy atom. The smallest absolute Gasteiger partial charge is 0.419 e. The van der Waals surface area contributed by atoms with Crippen LogP contribution in [0.2, 0.25) is 0 Å². The van der Waals surface area contributed by atoms with Crippen molar-refractivity contribution in [3.05, 3.63) is 88.7 Å². The largest absolute Gasteiger partial charge is 0.480 e. The van der Waals surface area contributed by atoms with Crippen LogP contribution in [0.1, 0.15) is 49.1 Å². The van der Waals surface area contributed by atoms with Crippen LogP contribution in [0.3, 0.4) is 0 Å². The van der Waals surface area contributed by atoms with Crippen molar-refractivity contribution in [3.63, 3.8) is 0 Å². The molecule has 5 rings (SSSR count). The van der Waals surface area contributed by atoms with E-state index in [1.165, 1.54) is 6.07 Å². The van der Waals surface area contributed by atoms with Crippen LogP contribution in [0.15, 0.2) is 60.7 Å². The minimum absolute atomic E-state index is 0.250. The first-order valence-corrected chi connectivity index (χ1v) is 10.3. The summed E-state index contributed by atoms with van der Waals surface area (Å²) in [4.78, 5) is 0. The molecule has 3 aromatic carbocycles. The molecule has 0 fully saturated rings. The van der Waals surface area contributed by atoms with Crippen molar-refractivity contribution in [3.8, 4) is 16.9 Å². The van der Waals surface area contributed by atoms with Gasteiger partial charge in [-0.2, -0.15) is 13.2 Å². The molecular formula is C26H21F4NO. The third-order valence-electron chi connectivity index (χ3n) is 5.96. The lowest BCUT2D eigenvalue weighted by Crippen LogP contribution is -2.32. The van der Waals surface area contributed by atoms with Crippen molar-refractivity contribution in [2.75, 3.05) is 5.32 Å². The Balaban J connectivity index is 1.79. The molecule has 2 aliphatic heterocycles. The predicted octanol–water partition coefficient (Wildman–Crippen LogP) is 7.60. The Morgan fingerprint density at radius 3 is 2.47 bits per heavy atom. The van der Waals surface area contributed by atoms with Gasteiger partial charge in [-0.25, -0.2) is 4.39 Å². The molecule has 0 bridgehead atoms. The summed E-state index contributed by atoms with van der Waals surface area (Å²) < 4.78 is 60.6. The molecule has 2 heterocycles. The van der Waals surface area contributed by atoms with Crippen LogP contribution in [-0.4, -0.2) is 5.54 Å². The number of anilines is 1. The second-order valence-corrected chi connectivity index (χ2v) is 8.85. The summed E-state index contributed by atoms with van der Waals surface area (Å²) in [6, 6.07) is 14.5. The Labute approximate surface area is 183 Å². The predicted molar refractivity (Wildman–Crippen MR) is 117 cm³/mol. The summed E-state index contributed by atoms with van der Waals surface area (Å²) in [5, 5.41) is 3.49. The summed E-state index contributed by atoms with van der Waals surface area (Å²) in [5.74, 6) is -0.721. The van der Waals surface area contributed by atoms with E-state index in [1.807, 2.05) is 37.3 Å². The molecule has 0 saturated heterocycles. The third-order valence-corrected chi connectivity index (χ3v) is 5.96. The van der Waals surface area contributed by atoms with E-state index in [-0.39, 0.29) is 11.1 Å². The fourth-order valence-corrected chi connectivity index (χ4v) is 4.79. The number of benzene rings is 3. The molecule has 1 atom stereocenters. The average molecular weight is 439 g/mol. The molecule has 3 aromatic rings. The molecule has 32 heavy (non-hydrogen) atoms. The SMILES string of the molecule is CC1=CC(C)(C)Nc2ccc3c(c21)[C@@H](c1ccc(F)c(C(F)(F)F)c1)Oc1ccccc1-3. The number of halogens is 4. The van der Waals surface area contributed by atoms with Gasteiger partial charge in [-0.3, -0.25) is 0 Å². The average Bonchev–Trinajstić information content (AvgIpc) is 2.71. The van der Waals surface area contributed by atoms with E-state index in [0.29, 0.717) is 5.75 Å². The number of hydrogen-bond acceptors (Lipinski definition) is 2. The van der Waals surface area contributed by atoms with Gasteiger partial charge in [-0.05, 0) is 61.7 Å². The Bertz CT molecular complexity index is 1270. The van der Waals surface area contributed by atoms with Gasteiger partial charge in [-0.1, -0.05) is 36.4 Å². The minimum Gasteiger partial charge on any atom is -0.480 e. The zero-order chi connectivity index (χ0) is 22.8. The molecule has 2 aliphatic rings. The van der Waals surface area contributed by atoms with Crippen molar-refractivity contribution in [2.45, 2.75) is 38.6 Å². The molecule has 0 unspecified atom stereocenters. The van der Waals surface area contributed by atoms with Crippen LogP contribution in [0.5, 0.6) is 5.75 Å². The monoisotopic (exact) mass is 439 g/mol. The fraction of sp³-hybridized carbons (Fsp3) is 0.231. The molecule has 0 spiro atoms. The first-order valence-electron chi connectivity index (χ1n) is 10.3. The number of rotatable bonds is 1. The summed E-state index contributed by atoms with van der Waals surface area (Å²) in [5.41, 5.74) is 4.02. The first kappa shape index (κ1) is 20.6. The molecule has 6 heteroatoms. The van der Waals surface area contributed by atoms with Crippen LogP contribution in [0, 0.1) is 5.82 Å². The fourth-order valence-electron chi connectivity index (χ4n) is 4.79. The van der Waals surface area contributed by atoms with Crippen molar-refractivity contribution >= 4 is 11.3 Å². The van der Waals surface area contributed by atoms with Crippen LogP contribution in [0.4, 0.5) is 23.2 Å². The molecular weight excluding hydrogens is 418 g/mol. The lowest BCUT2D eigenvalue weighted by Gasteiger charge is -2.37.